The van der Waals surface area contributed by atoms with Gasteiger partial charge in [0.15, 0.2) is 0 Å². The number of benzene rings is 1. The van der Waals surface area contributed by atoms with Gasteiger partial charge in [-0.1, -0.05) is 40.5 Å². The molecule has 5 nitrogen and oxygen atoms in total. The van der Waals surface area contributed by atoms with E-state index in [0.29, 0.717) is 22.2 Å². The number of halogens is 1. The van der Waals surface area contributed by atoms with Gasteiger partial charge >= 0.3 is 12.0 Å². The van der Waals surface area contributed by atoms with Crippen LogP contribution in [0.1, 0.15) is 34.1 Å². The second-order valence-corrected chi connectivity index (χ2v) is 9.04. The molecule has 1 N–H and O–H groups in total. The molecule has 1 unspecified atom stereocenters. The van der Waals surface area contributed by atoms with E-state index in [1.165, 1.54) is 11.3 Å². The van der Waals surface area contributed by atoms with Crippen molar-refractivity contribution in [2.75, 3.05) is 18.2 Å². The van der Waals surface area contributed by atoms with E-state index in [9.17, 15) is 9.59 Å². The normalized spacial score (nSPS) is 13.9. The summed E-state index contributed by atoms with van der Waals surface area (Å²) in [6.45, 7) is 2.12. The Balaban J connectivity index is 1.88. The number of esters is 1. The Morgan fingerprint density at radius 3 is 2.96 bits per heavy atom. The van der Waals surface area contributed by atoms with Crippen molar-refractivity contribution in [2.45, 2.75) is 24.0 Å². The topological polar surface area (TPSA) is 67.8 Å². The Morgan fingerprint density at radius 1 is 1.41 bits per heavy atom. The summed E-state index contributed by atoms with van der Waals surface area (Å²) in [5, 5.41) is 3.27. The number of anilines is 1. The van der Waals surface area contributed by atoms with E-state index < -0.39 is 16.7 Å². The van der Waals surface area contributed by atoms with Gasteiger partial charge in [-0.15, -0.1) is 11.3 Å². The minimum absolute atomic E-state index is 0.305. The molecule has 3 rings (SSSR count). The molecule has 1 aliphatic carbocycles. The van der Waals surface area contributed by atoms with Crippen LogP contribution in [-0.4, -0.2) is 24.9 Å². The molecule has 0 spiro atoms. The third-order valence-corrected chi connectivity index (χ3v) is 7.31. The molecule has 1 heterocycles. The summed E-state index contributed by atoms with van der Waals surface area (Å²) < 4.78 is 10.4. The lowest BCUT2D eigenvalue weighted by Gasteiger charge is -2.09. The number of carbonyl (C=O) groups excluding carboxylic acids is 2. The third kappa shape index (κ3) is 4.66. The first-order valence-electron chi connectivity index (χ1n) is 8.43. The summed E-state index contributed by atoms with van der Waals surface area (Å²) in [6, 6.07) is 6.47. The molecule has 0 aliphatic heterocycles. The van der Waals surface area contributed by atoms with Gasteiger partial charge < -0.3 is 10.1 Å². The highest BCUT2D eigenvalue weighted by Gasteiger charge is 2.24. The van der Waals surface area contributed by atoms with Gasteiger partial charge in [-0.25, -0.2) is 9.59 Å². The van der Waals surface area contributed by atoms with Gasteiger partial charge in [0.1, 0.15) is 4.88 Å². The maximum Gasteiger partial charge on any atom is 0.351 e. The molecule has 1 aromatic carbocycles. The van der Waals surface area contributed by atoms with Crippen LogP contribution in [0, 0.1) is 0 Å². The number of hydrogen-bond acceptors (Lipinski definition) is 4. The number of amides is 2. The van der Waals surface area contributed by atoms with Gasteiger partial charge in [0, 0.05) is 16.3 Å². The first kappa shape index (κ1) is 19.8. The van der Waals surface area contributed by atoms with Crippen molar-refractivity contribution in [1.29, 1.82) is 0 Å². The highest BCUT2D eigenvalue weighted by molar-refractivity contribution is 7.89. The molecule has 1 atom stereocenters. The zero-order valence-electron chi connectivity index (χ0n) is 15.0. The number of thiophene rings is 1. The predicted octanol–water partition coefficient (Wildman–Crippen LogP) is 5.56. The zero-order valence-corrected chi connectivity index (χ0v) is 17.3. The molecule has 0 saturated heterocycles. The molecule has 2 amide bonds. The molecular weight excluding hydrogens is 404 g/mol. The Morgan fingerprint density at radius 2 is 2.22 bits per heavy atom. The van der Waals surface area contributed by atoms with Gasteiger partial charge in [-0.05, 0) is 49.8 Å². The quantitative estimate of drug-likeness (QED) is 0.655. The number of nitrogens with one attached hydrogen (secondary N) is 1. The van der Waals surface area contributed by atoms with Crippen molar-refractivity contribution >= 4 is 57.4 Å². The van der Waals surface area contributed by atoms with E-state index in [0.717, 1.165) is 28.2 Å². The van der Waals surface area contributed by atoms with Gasteiger partial charge in [0.2, 0.25) is 0 Å². The molecule has 27 heavy (non-hydrogen) atoms. The summed E-state index contributed by atoms with van der Waals surface area (Å²) in [5.41, 5.74) is 2.59. The lowest BCUT2D eigenvalue weighted by molar-refractivity contribution is 0.0531. The summed E-state index contributed by atoms with van der Waals surface area (Å²) in [5.74, 6) is -0.305. The molecule has 0 bridgehead atoms. The van der Waals surface area contributed by atoms with E-state index in [1.807, 2.05) is 12.3 Å². The number of nitrogens with zero attached hydrogens (tertiary/aromatic N) is 1. The van der Waals surface area contributed by atoms with Crippen LogP contribution < -0.4 is 5.32 Å². The SMILES string of the molecule is CCOC(=O)c1sc(S(C)=NC(=O)Nc2cccc(Cl)c2)c2c1CCC=C2. The number of rotatable bonds is 4. The summed E-state index contributed by atoms with van der Waals surface area (Å²) in [4.78, 5) is 25.2. The number of allylic oxidation sites excluding steroid dienone is 1. The largest absolute Gasteiger partial charge is 0.462 e. The molecule has 8 heteroatoms. The molecule has 142 valence electrons. The first-order valence-corrected chi connectivity index (χ1v) is 11.2. The van der Waals surface area contributed by atoms with E-state index in [1.54, 1.807) is 31.2 Å². The molecule has 0 saturated carbocycles. The van der Waals surface area contributed by atoms with Crippen molar-refractivity contribution < 1.29 is 14.3 Å². The monoisotopic (exact) mass is 422 g/mol. The molecule has 1 aliphatic rings. The predicted molar refractivity (Wildman–Crippen MR) is 112 cm³/mol. The lowest BCUT2D eigenvalue weighted by Crippen LogP contribution is -2.07. The Kier molecular flexibility index (Phi) is 6.46. The van der Waals surface area contributed by atoms with Crippen LogP contribution in [0.2, 0.25) is 5.02 Å². The minimum Gasteiger partial charge on any atom is -0.462 e. The highest BCUT2D eigenvalue weighted by atomic mass is 35.5. The van der Waals surface area contributed by atoms with Gasteiger partial charge in [-0.3, -0.25) is 0 Å². The number of hydrogen-bond donors (Lipinski definition) is 1. The molecule has 1 aromatic heterocycles. The maximum absolute atomic E-state index is 12.3. The van der Waals surface area contributed by atoms with Gasteiger partial charge in [0.05, 0.1) is 10.8 Å². The molecule has 0 fully saturated rings. The van der Waals surface area contributed by atoms with E-state index in [4.69, 9.17) is 16.3 Å². The molecular formula is C19H19ClN2O3S2. The number of ether oxygens (including phenoxy) is 1. The van der Waals surface area contributed by atoms with Crippen LogP contribution in [-0.2, 0) is 21.8 Å². The van der Waals surface area contributed by atoms with Crippen molar-refractivity contribution in [3.05, 3.63) is 51.4 Å². The van der Waals surface area contributed by atoms with Crippen LogP contribution in [0.25, 0.3) is 6.08 Å². The van der Waals surface area contributed by atoms with Crippen LogP contribution >= 0.6 is 22.9 Å². The van der Waals surface area contributed by atoms with E-state index in [2.05, 4.69) is 15.8 Å². The lowest BCUT2D eigenvalue weighted by atomic mass is 10.00. The first-order chi connectivity index (χ1) is 13.0. The minimum atomic E-state index is -0.692. The maximum atomic E-state index is 12.3. The second kappa shape index (κ2) is 8.82. The van der Waals surface area contributed by atoms with E-state index >= 15 is 0 Å². The van der Waals surface area contributed by atoms with Crippen molar-refractivity contribution in [3.8, 4) is 0 Å². The Labute approximate surface area is 169 Å². The van der Waals surface area contributed by atoms with Crippen molar-refractivity contribution in [2.24, 2.45) is 4.36 Å². The molecule has 2 aromatic rings. The zero-order chi connectivity index (χ0) is 19.4. The average Bonchev–Trinajstić information content (AvgIpc) is 3.02. The third-order valence-electron chi connectivity index (χ3n) is 3.88. The van der Waals surface area contributed by atoms with Crippen LogP contribution in [0.15, 0.2) is 38.9 Å². The second-order valence-electron chi connectivity index (χ2n) is 5.78. The Bertz CT molecular complexity index is 950. The van der Waals surface area contributed by atoms with Crippen LogP contribution in [0.5, 0.6) is 0 Å². The number of urea groups is 1. The van der Waals surface area contributed by atoms with E-state index in [-0.39, 0.29) is 5.97 Å². The smallest absolute Gasteiger partial charge is 0.351 e. The number of fused-ring (bicyclic) bond motifs is 1. The fourth-order valence-electron chi connectivity index (χ4n) is 2.76. The molecule has 0 radical (unpaired) electrons. The highest BCUT2D eigenvalue weighted by Crippen LogP contribution is 2.36. The fraction of sp³-hybridized carbons (Fsp3) is 0.263. The van der Waals surface area contributed by atoms with Crippen molar-refractivity contribution in [1.82, 2.24) is 0 Å². The van der Waals surface area contributed by atoms with Crippen molar-refractivity contribution in [3.63, 3.8) is 0 Å². The number of carbonyl (C=O) groups is 2. The average molecular weight is 423 g/mol. The van der Waals surface area contributed by atoms with Gasteiger partial charge in [0.25, 0.3) is 0 Å². The van der Waals surface area contributed by atoms with Gasteiger partial charge in [-0.2, -0.15) is 4.36 Å². The van der Waals surface area contributed by atoms with Crippen LogP contribution in [0.4, 0.5) is 10.5 Å². The fourth-order valence-corrected chi connectivity index (χ4v) is 5.65. The van der Waals surface area contributed by atoms with Crippen LogP contribution in [0.3, 0.4) is 0 Å². The Hall–Kier alpha value is -1.96. The summed E-state index contributed by atoms with van der Waals surface area (Å²) in [7, 11) is -0.692. The summed E-state index contributed by atoms with van der Waals surface area (Å²) in [6.07, 6.45) is 7.65. The standard InChI is InChI=1S/C19H19ClN2O3S2/c1-3-25-17(23)16-14-9-4-5-10-15(14)18(26-16)27(2)22-19(24)21-13-8-6-7-12(20)11-13/h5-8,10-11H,3-4,9H2,1-2H3,(H,21,24). The summed E-state index contributed by atoms with van der Waals surface area (Å²) >= 11 is 7.31.